The second kappa shape index (κ2) is 6.44. The van der Waals surface area contributed by atoms with Crippen molar-refractivity contribution in [2.45, 2.75) is 38.3 Å². The Morgan fingerprint density at radius 1 is 1.15 bits per heavy atom. The van der Waals surface area contributed by atoms with Gasteiger partial charge in [-0.1, -0.05) is 0 Å². The van der Waals surface area contributed by atoms with Crippen molar-refractivity contribution in [1.82, 2.24) is 14.8 Å². The molecule has 1 amide bonds. The fraction of sp³-hybridized carbons (Fsp3) is 0.524. The number of H-pyrrole nitrogens is 1. The maximum absolute atomic E-state index is 13.4. The number of amides is 1. The summed E-state index contributed by atoms with van der Waals surface area (Å²) in [5, 5.41) is 0.394. The molecule has 3 fully saturated rings. The molecule has 3 aliphatic rings. The summed E-state index contributed by atoms with van der Waals surface area (Å²) in [4.78, 5) is 32.5. The maximum atomic E-state index is 13.4. The molecule has 2 bridgehead atoms. The number of nitrogens with zero attached hydrogens (tertiary/aromatic N) is 2. The van der Waals surface area contributed by atoms with Gasteiger partial charge in [-0.2, -0.15) is 0 Å². The predicted molar refractivity (Wildman–Crippen MR) is 101 cm³/mol. The van der Waals surface area contributed by atoms with E-state index in [1.165, 1.54) is 18.6 Å². The van der Waals surface area contributed by atoms with Gasteiger partial charge in [-0.15, -0.1) is 0 Å². The lowest BCUT2D eigenvalue weighted by Gasteiger charge is -2.52. The normalized spacial score (nSPS) is 28.4. The highest BCUT2D eigenvalue weighted by molar-refractivity contribution is 5.78. The van der Waals surface area contributed by atoms with Crippen LogP contribution in [0.5, 0.6) is 0 Å². The largest absolute Gasteiger partial charge is 0.357 e. The average molecular weight is 369 g/mol. The lowest BCUT2D eigenvalue weighted by molar-refractivity contribution is -0.145. The second-order valence-corrected chi connectivity index (χ2v) is 8.41. The van der Waals surface area contributed by atoms with Crippen molar-refractivity contribution in [3.8, 4) is 0 Å². The number of carbonyl (C=O) groups is 1. The Labute approximate surface area is 157 Å². The molecule has 3 atom stereocenters. The predicted octanol–water partition coefficient (Wildman–Crippen LogP) is 2.50. The van der Waals surface area contributed by atoms with Crippen LogP contribution in [0.1, 0.15) is 31.4 Å². The van der Waals surface area contributed by atoms with Crippen LogP contribution in [0.25, 0.3) is 10.9 Å². The summed E-state index contributed by atoms with van der Waals surface area (Å²) in [6.45, 7) is 3.49. The van der Waals surface area contributed by atoms with E-state index in [1.54, 1.807) is 12.1 Å². The summed E-state index contributed by atoms with van der Waals surface area (Å²) in [7, 11) is 0. The smallest absolute Gasteiger partial charge is 0.222 e. The number of nitrogens with one attached hydrogen (secondary N) is 1. The van der Waals surface area contributed by atoms with E-state index >= 15 is 0 Å². The molecule has 5 rings (SSSR count). The number of benzene rings is 1. The van der Waals surface area contributed by atoms with E-state index in [2.05, 4.69) is 14.8 Å². The fourth-order valence-corrected chi connectivity index (χ4v) is 5.44. The van der Waals surface area contributed by atoms with Crippen LogP contribution < -0.4 is 5.43 Å². The van der Waals surface area contributed by atoms with Gasteiger partial charge in [0.1, 0.15) is 5.82 Å². The molecule has 1 N–H and O–H groups in total. The van der Waals surface area contributed by atoms with Gasteiger partial charge in [-0.05, 0) is 49.3 Å². The first-order valence-corrected chi connectivity index (χ1v) is 9.90. The molecule has 0 radical (unpaired) electrons. The lowest BCUT2D eigenvalue weighted by Crippen LogP contribution is -2.60. The molecule has 1 aromatic carbocycles. The van der Waals surface area contributed by atoms with E-state index in [1.807, 2.05) is 0 Å². The minimum absolute atomic E-state index is 0.139. The van der Waals surface area contributed by atoms with Gasteiger partial charge in [0.05, 0.1) is 0 Å². The third kappa shape index (κ3) is 3.06. The number of rotatable bonds is 2. The standard InChI is InChI=1S/C21H24FN3O2/c22-15-4-5-18-17(7-15)20(26)8-16(23-18)12-24-9-13-6-14(11-24)19-2-1-3-21(27)25(19)10-13/h4-5,7-8,13-14,19H,1-3,6,9-12H2,(H,23,26)/t13-,14+,19+/m1/s1. The maximum Gasteiger partial charge on any atom is 0.222 e. The van der Waals surface area contributed by atoms with Gasteiger partial charge >= 0.3 is 0 Å². The quantitative estimate of drug-likeness (QED) is 0.885. The molecule has 0 spiro atoms. The lowest BCUT2D eigenvalue weighted by atomic mass is 9.76. The van der Waals surface area contributed by atoms with E-state index in [0.717, 1.165) is 38.2 Å². The number of aromatic amines is 1. The van der Waals surface area contributed by atoms with Crippen LogP contribution in [0.2, 0.25) is 0 Å². The SMILES string of the molecule is O=C1CCC[C@H]2[C@H]3C[C@H](CN(Cc4cc(=O)c5cc(F)ccc5[nH]4)C3)CN12. The monoisotopic (exact) mass is 369 g/mol. The molecule has 2 aromatic rings. The number of halogens is 1. The van der Waals surface area contributed by atoms with Crippen molar-refractivity contribution >= 4 is 16.8 Å². The molecule has 0 aliphatic carbocycles. The fourth-order valence-electron chi connectivity index (χ4n) is 5.44. The summed E-state index contributed by atoms with van der Waals surface area (Å²) in [6.07, 6.45) is 4.04. The molecule has 5 nitrogen and oxygen atoms in total. The zero-order chi connectivity index (χ0) is 18.5. The zero-order valence-electron chi connectivity index (χ0n) is 15.3. The Morgan fingerprint density at radius 3 is 2.93 bits per heavy atom. The van der Waals surface area contributed by atoms with Crippen LogP contribution in [-0.2, 0) is 11.3 Å². The van der Waals surface area contributed by atoms with Gasteiger partial charge < -0.3 is 9.88 Å². The van der Waals surface area contributed by atoms with Crippen molar-refractivity contribution < 1.29 is 9.18 Å². The van der Waals surface area contributed by atoms with E-state index in [0.29, 0.717) is 47.7 Å². The molecule has 1 aromatic heterocycles. The molecule has 0 saturated carbocycles. The van der Waals surface area contributed by atoms with Crippen LogP contribution in [0.3, 0.4) is 0 Å². The number of aromatic nitrogens is 1. The van der Waals surface area contributed by atoms with Crippen LogP contribution in [0, 0.1) is 17.7 Å². The first-order valence-electron chi connectivity index (χ1n) is 9.90. The topological polar surface area (TPSA) is 56.4 Å². The van der Waals surface area contributed by atoms with Crippen molar-refractivity contribution in [2.24, 2.45) is 11.8 Å². The average Bonchev–Trinajstić information content (AvgIpc) is 2.63. The van der Waals surface area contributed by atoms with Crippen LogP contribution in [-0.4, -0.2) is 46.4 Å². The summed E-state index contributed by atoms with van der Waals surface area (Å²) < 4.78 is 13.4. The molecule has 142 valence electrons. The molecular weight excluding hydrogens is 345 g/mol. The van der Waals surface area contributed by atoms with Crippen LogP contribution in [0.4, 0.5) is 4.39 Å². The number of piperidine rings is 3. The van der Waals surface area contributed by atoms with Gasteiger partial charge in [0, 0.05) is 61.3 Å². The number of hydrogen-bond acceptors (Lipinski definition) is 3. The summed E-state index contributed by atoms with van der Waals surface area (Å²) >= 11 is 0. The third-order valence-electron chi connectivity index (χ3n) is 6.50. The van der Waals surface area contributed by atoms with E-state index in [4.69, 9.17) is 0 Å². The first-order chi connectivity index (χ1) is 13.1. The highest BCUT2D eigenvalue weighted by Gasteiger charge is 2.43. The Hall–Kier alpha value is -2.21. The van der Waals surface area contributed by atoms with Crippen molar-refractivity contribution in [3.05, 3.63) is 46.0 Å². The number of carbonyl (C=O) groups excluding carboxylic acids is 1. The Bertz CT molecular complexity index is 956. The number of hydrogen-bond donors (Lipinski definition) is 1. The van der Waals surface area contributed by atoms with Crippen LogP contribution in [0.15, 0.2) is 29.1 Å². The molecule has 3 aliphatic heterocycles. The highest BCUT2D eigenvalue weighted by atomic mass is 19.1. The number of likely N-dealkylation sites (tertiary alicyclic amines) is 1. The van der Waals surface area contributed by atoms with E-state index in [-0.39, 0.29) is 5.43 Å². The molecule has 27 heavy (non-hydrogen) atoms. The molecule has 6 heteroatoms. The second-order valence-electron chi connectivity index (χ2n) is 8.41. The number of fused-ring (bicyclic) bond motifs is 5. The summed E-state index contributed by atoms with van der Waals surface area (Å²) in [5.41, 5.74) is 1.41. The third-order valence-corrected chi connectivity index (χ3v) is 6.50. The Kier molecular flexibility index (Phi) is 4.04. The van der Waals surface area contributed by atoms with Gasteiger partial charge in [-0.25, -0.2) is 4.39 Å². The van der Waals surface area contributed by atoms with Gasteiger partial charge in [0.2, 0.25) is 5.91 Å². The molecular formula is C21H24FN3O2. The van der Waals surface area contributed by atoms with E-state index < -0.39 is 5.82 Å². The number of pyridine rings is 1. The van der Waals surface area contributed by atoms with Gasteiger partial charge in [0.15, 0.2) is 5.43 Å². The van der Waals surface area contributed by atoms with Gasteiger partial charge in [-0.3, -0.25) is 14.5 Å². The van der Waals surface area contributed by atoms with Crippen molar-refractivity contribution in [1.29, 1.82) is 0 Å². The van der Waals surface area contributed by atoms with Crippen LogP contribution >= 0.6 is 0 Å². The van der Waals surface area contributed by atoms with Crippen molar-refractivity contribution in [2.75, 3.05) is 19.6 Å². The first kappa shape index (κ1) is 16.9. The Balaban J connectivity index is 1.36. The summed E-state index contributed by atoms with van der Waals surface area (Å²) in [6, 6.07) is 6.29. The highest BCUT2D eigenvalue weighted by Crippen LogP contribution is 2.38. The molecule has 0 unspecified atom stereocenters. The van der Waals surface area contributed by atoms with Gasteiger partial charge in [0.25, 0.3) is 0 Å². The van der Waals surface area contributed by atoms with Crippen molar-refractivity contribution in [3.63, 3.8) is 0 Å². The van der Waals surface area contributed by atoms with E-state index in [9.17, 15) is 14.0 Å². The minimum atomic E-state index is -0.392. The summed E-state index contributed by atoms with van der Waals surface area (Å²) in [5.74, 6) is 0.989. The molecule has 4 heterocycles. The minimum Gasteiger partial charge on any atom is -0.357 e. The zero-order valence-corrected chi connectivity index (χ0v) is 15.3. The Morgan fingerprint density at radius 2 is 2.04 bits per heavy atom. The molecule has 3 saturated heterocycles.